The molecule has 0 aliphatic heterocycles. The molecule has 0 saturated carbocycles. The minimum absolute atomic E-state index is 0.0134. The topological polar surface area (TPSA) is 71.5 Å². The Morgan fingerprint density at radius 2 is 1.79 bits per heavy atom. The molecule has 4 rings (SSSR count). The molecule has 1 aromatic heterocycles. The highest BCUT2D eigenvalue weighted by Gasteiger charge is 2.27. The first-order chi connectivity index (χ1) is 16.0. The van der Waals surface area contributed by atoms with Crippen LogP contribution in [-0.4, -0.2) is 48.4 Å². The van der Waals surface area contributed by atoms with Crippen molar-refractivity contribution < 1.29 is 14.3 Å². The molecular formula is C27H29N3O3. The number of carbonyl (C=O) groups is 2. The molecule has 2 aromatic carbocycles. The van der Waals surface area contributed by atoms with Gasteiger partial charge in [0.1, 0.15) is 5.75 Å². The van der Waals surface area contributed by atoms with Crippen LogP contribution < -0.4 is 10.1 Å². The summed E-state index contributed by atoms with van der Waals surface area (Å²) in [6.07, 6.45) is 3.67. The number of aromatic nitrogens is 1. The van der Waals surface area contributed by atoms with Crippen LogP contribution in [0.25, 0.3) is 22.6 Å². The number of allylic oxidation sites excluding steroid dienone is 1. The zero-order chi connectivity index (χ0) is 23.4. The first-order valence-corrected chi connectivity index (χ1v) is 11.4. The minimum Gasteiger partial charge on any atom is -0.497 e. The fourth-order valence-corrected chi connectivity index (χ4v) is 4.37. The second-order valence-corrected chi connectivity index (χ2v) is 8.02. The molecule has 0 radical (unpaired) electrons. The van der Waals surface area contributed by atoms with E-state index in [1.54, 1.807) is 12.0 Å². The first kappa shape index (κ1) is 22.5. The molecule has 6 nitrogen and oxygen atoms in total. The monoisotopic (exact) mass is 443 g/mol. The molecule has 0 fully saturated rings. The third-order valence-electron chi connectivity index (χ3n) is 6.14. The van der Waals surface area contributed by atoms with Crippen LogP contribution in [-0.2, 0) is 11.2 Å². The average Bonchev–Trinajstić information content (AvgIpc) is 3.24. The summed E-state index contributed by atoms with van der Waals surface area (Å²) in [7, 11) is 1.65. The van der Waals surface area contributed by atoms with Gasteiger partial charge in [0.2, 0.25) is 5.91 Å². The summed E-state index contributed by atoms with van der Waals surface area (Å²) in [5.41, 5.74) is 5.38. The number of fused-ring (bicyclic) bond motifs is 2. The van der Waals surface area contributed by atoms with E-state index >= 15 is 0 Å². The summed E-state index contributed by atoms with van der Waals surface area (Å²) in [5.74, 6) is 0.505. The van der Waals surface area contributed by atoms with Crippen LogP contribution in [0.3, 0.4) is 0 Å². The van der Waals surface area contributed by atoms with Crippen LogP contribution in [0.1, 0.15) is 47.4 Å². The Balaban J connectivity index is 1.70. The van der Waals surface area contributed by atoms with Crippen LogP contribution in [0, 0.1) is 0 Å². The van der Waals surface area contributed by atoms with Crippen LogP contribution in [0.15, 0.2) is 48.5 Å². The van der Waals surface area contributed by atoms with Gasteiger partial charge in [-0.1, -0.05) is 30.3 Å². The Labute approximate surface area is 194 Å². The lowest BCUT2D eigenvalue weighted by Gasteiger charge is -2.19. The third-order valence-corrected chi connectivity index (χ3v) is 6.14. The number of hydrogen-bond donors (Lipinski definition) is 1. The van der Waals surface area contributed by atoms with Gasteiger partial charge in [-0.25, -0.2) is 4.98 Å². The van der Waals surface area contributed by atoms with Crippen molar-refractivity contribution >= 4 is 34.4 Å². The van der Waals surface area contributed by atoms with E-state index in [1.807, 2.05) is 62.4 Å². The van der Waals surface area contributed by atoms with E-state index < -0.39 is 0 Å². The van der Waals surface area contributed by atoms with Crippen molar-refractivity contribution in [2.45, 2.75) is 26.7 Å². The highest BCUT2D eigenvalue weighted by molar-refractivity contribution is 6.10. The molecule has 170 valence electrons. The van der Waals surface area contributed by atoms with Crippen LogP contribution in [0.4, 0.5) is 0 Å². The Morgan fingerprint density at radius 3 is 2.48 bits per heavy atom. The van der Waals surface area contributed by atoms with E-state index in [4.69, 9.17) is 9.72 Å². The predicted octanol–water partition coefficient (Wildman–Crippen LogP) is 4.33. The molecule has 6 heteroatoms. The SMILES string of the molecule is CCN(CC)C(=O)CNC(=O)c1c2c(nc3ccccc13)/C(=C/c1ccc(OC)cc1)CC2. The molecule has 0 bridgehead atoms. The molecule has 1 heterocycles. The Hall–Kier alpha value is -3.67. The highest BCUT2D eigenvalue weighted by atomic mass is 16.5. The van der Waals surface area contributed by atoms with Gasteiger partial charge in [-0.2, -0.15) is 0 Å². The van der Waals surface area contributed by atoms with Crippen molar-refractivity contribution in [3.05, 3.63) is 70.9 Å². The maximum atomic E-state index is 13.3. The van der Waals surface area contributed by atoms with Crippen molar-refractivity contribution in [3.63, 3.8) is 0 Å². The van der Waals surface area contributed by atoms with Crippen LogP contribution in [0.2, 0.25) is 0 Å². The molecule has 0 atom stereocenters. The quantitative estimate of drug-likeness (QED) is 0.590. The molecule has 1 aliphatic rings. The van der Waals surface area contributed by atoms with Crippen molar-refractivity contribution in [1.29, 1.82) is 0 Å². The summed E-state index contributed by atoms with van der Waals surface area (Å²) < 4.78 is 5.25. The smallest absolute Gasteiger partial charge is 0.252 e. The zero-order valence-electron chi connectivity index (χ0n) is 19.4. The fraction of sp³-hybridized carbons (Fsp3) is 0.296. The third kappa shape index (κ3) is 4.60. The van der Waals surface area contributed by atoms with E-state index in [9.17, 15) is 9.59 Å². The van der Waals surface area contributed by atoms with Gasteiger partial charge in [0.05, 0.1) is 30.4 Å². The summed E-state index contributed by atoms with van der Waals surface area (Å²) in [6.45, 7) is 5.10. The number of pyridine rings is 1. The fourth-order valence-electron chi connectivity index (χ4n) is 4.37. The van der Waals surface area contributed by atoms with Gasteiger partial charge in [-0.3, -0.25) is 9.59 Å². The van der Waals surface area contributed by atoms with Gasteiger partial charge in [0.25, 0.3) is 5.91 Å². The Morgan fingerprint density at radius 1 is 1.06 bits per heavy atom. The highest BCUT2D eigenvalue weighted by Crippen LogP contribution is 2.37. The van der Waals surface area contributed by atoms with E-state index in [0.29, 0.717) is 18.7 Å². The largest absolute Gasteiger partial charge is 0.497 e. The number of methoxy groups -OCH3 is 1. The van der Waals surface area contributed by atoms with E-state index in [1.165, 1.54) is 0 Å². The van der Waals surface area contributed by atoms with Gasteiger partial charge in [0.15, 0.2) is 0 Å². The number of ether oxygens (including phenoxy) is 1. The number of rotatable bonds is 7. The molecule has 3 aromatic rings. The number of nitrogens with one attached hydrogen (secondary N) is 1. The molecule has 0 saturated heterocycles. The summed E-state index contributed by atoms with van der Waals surface area (Å²) >= 11 is 0. The number of benzene rings is 2. The lowest BCUT2D eigenvalue weighted by Crippen LogP contribution is -2.40. The molecule has 1 N–H and O–H groups in total. The van der Waals surface area contributed by atoms with Crippen molar-refractivity contribution in [2.75, 3.05) is 26.7 Å². The lowest BCUT2D eigenvalue weighted by atomic mass is 10.00. The number of carbonyl (C=O) groups excluding carboxylic acids is 2. The summed E-state index contributed by atoms with van der Waals surface area (Å²) in [5, 5.41) is 3.67. The summed E-state index contributed by atoms with van der Waals surface area (Å²) in [4.78, 5) is 32.4. The van der Waals surface area contributed by atoms with Crippen molar-refractivity contribution in [1.82, 2.24) is 15.2 Å². The molecule has 0 unspecified atom stereocenters. The molecule has 2 amide bonds. The Bertz CT molecular complexity index is 1210. The van der Waals surface area contributed by atoms with Gasteiger partial charge >= 0.3 is 0 Å². The Kier molecular flexibility index (Phi) is 6.73. The van der Waals surface area contributed by atoms with Gasteiger partial charge in [0, 0.05) is 18.5 Å². The van der Waals surface area contributed by atoms with Gasteiger partial charge < -0.3 is 15.0 Å². The first-order valence-electron chi connectivity index (χ1n) is 11.4. The van der Waals surface area contributed by atoms with Crippen LogP contribution >= 0.6 is 0 Å². The van der Waals surface area contributed by atoms with E-state index in [2.05, 4.69) is 11.4 Å². The minimum atomic E-state index is -0.226. The van der Waals surface area contributed by atoms with Crippen molar-refractivity contribution in [2.24, 2.45) is 0 Å². The standard InChI is InChI=1S/C27H29N3O3/c1-4-30(5-2)24(31)17-28-27(32)25-21-8-6-7-9-23(21)29-26-19(12-15-22(25)26)16-18-10-13-20(33-3)14-11-18/h6-11,13-14,16H,4-5,12,15,17H2,1-3H3,(H,28,32)/b19-16+. The number of amides is 2. The predicted molar refractivity (Wildman–Crippen MR) is 131 cm³/mol. The lowest BCUT2D eigenvalue weighted by molar-refractivity contribution is -0.129. The average molecular weight is 444 g/mol. The molecule has 33 heavy (non-hydrogen) atoms. The van der Waals surface area contributed by atoms with E-state index in [-0.39, 0.29) is 18.4 Å². The normalized spacial score (nSPS) is 13.7. The molecular weight excluding hydrogens is 414 g/mol. The number of nitrogens with zero attached hydrogens (tertiary/aromatic N) is 2. The van der Waals surface area contributed by atoms with Gasteiger partial charge in [-0.05, 0) is 67.7 Å². The second-order valence-electron chi connectivity index (χ2n) is 8.02. The zero-order valence-corrected chi connectivity index (χ0v) is 19.4. The molecule has 1 aliphatic carbocycles. The van der Waals surface area contributed by atoms with Crippen molar-refractivity contribution in [3.8, 4) is 5.75 Å². The van der Waals surface area contributed by atoms with Crippen LogP contribution in [0.5, 0.6) is 5.75 Å². The summed E-state index contributed by atoms with van der Waals surface area (Å²) in [6, 6.07) is 15.6. The number of likely N-dealkylation sites (N-methyl/N-ethyl adjacent to an activating group) is 1. The molecule has 0 spiro atoms. The van der Waals surface area contributed by atoms with E-state index in [0.717, 1.165) is 51.9 Å². The second kappa shape index (κ2) is 9.86. The maximum Gasteiger partial charge on any atom is 0.252 e. The maximum absolute atomic E-state index is 13.3. The number of hydrogen-bond acceptors (Lipinski definition) is 4. The van der Waals surface area contributed by atoms with Gasteiger partial charge in [-0.15, -0.1) is 0 Å². The number of para-hydroxylation sites is 1.